The standard InChI is InChI=1S/C12H20N4S.2ClH/c1-9-14-15-12(17-9)8-16-6-4-11-10(7-16)3-2-5-13-11;;/h10-11,13H,2-8H2,1H3;2*1H/t10-,11+;;/m1../s1. The van der Waals surface area contributed by atoms with Gasteiger partial charge in [0.2, 0.25) is 0 Å². The van der Waals surface area contributed by atoms with Gasteiger partial charge in [0.1, 0.15) is 10.0 Å². The first-order valence-electron chi connectivity index (χ1n) is 6.56. The Kier molecular flexibility index (Phi) is 6.97. The minimum Gasteiger partial charge on any atom is -0.314 e. The van der Waals surface area contributed by atoms with E-state index in [1.807, 2.05) is 6.92 Å². The number of rotatable bonds is 2. The molecule has 0 aromatic carbocycles. The fourth-order valence-corrected chi connectivity index (χ4v) is 3.81. The van der Waals surface area contributed by atoms with Gasteiger partial charge in [0.05, 0.1) is 6.54 Å². The van der Waals surface area contributed by atoms with Gasteiger partial charge in [0.25, 0.3) is 0 Å². The quantitative estimate of drug-likeness (QED) is 0.906. The number of nitrogens with zero attached hydrogens (tertiary/aromatic N) is 3. The van der Waals surface area contributed by atoms with Crippen molar-refractivity contribution < 1.29 is 0 Å². The molecule has 0 radical (unpaired) electrons. The first kappa shape index (κ1) is 17.1. The van der Waals surface area contributed by atoms with Crippen molar-refractivity contribution in [1.29, 1.82) is 0 Å². The van der Waals surface area contributed by atoms with Gasteiger partial charge in [0.15, 0.2) is 0 Å². The molecule has 2 fully saturated rings. The Hall–Kier alpha value is 0.0600. The molecule has 0 saturated carbocycles. The van der Waals surface area contributed by atoms with E-state index in [-0.39, 0.29) is 24.8 Å². The molecule has 0 aliphatic carbocycles. The number of nitrogens with one attached hydrogen (secondary N) is 1. The first-order valence-corrected chi connectivity index (χ1v) is 7.37. The number of aromatic nitrogens is 2. The first-order chi connectivity index (χ1) is 8.31. The Morgan fingerprint density at radius 2 is 2.16 bits per heavy atom. The van der Waals surface area contributed by atoms with Gasteiger partial charge in [-0.15, -0.1) is 46.3 Å². The van der Waals surface area contributed by atoms with Crippen LogP contribution in [-0.4, -0.2) is 40.8 Å². The largest absolute Gasteiger partial charge is 0.314 e. The third-order valence-corrected chi connectivity index (χ3v) is 4.73. The maximum atomic E-state index is 4.23. The van der Waals surface area contributed by atoms with Gasteiger partial charge in [0, 0.05) is 19.1 Å². The second-order valence-electron chi connectivity index (χ2n) is 5.20. The Bertz CT molecular complexity index is 388. The van der Waals surface area contributed by atoms with E-state index in [2.05, 4.69) is 20.4 Å². The van der Waals surface area contributed by atoms with Crippen LogP contribution in [0.1, 0.15) is 29.3 Å². The molecule has 7 heteroatoms. The summed E-state index contributed by atoms with van der Waals surface area (Å²) >= 11 is 1.73. The predicted molar refractivity (Wildman–Crippen MR) is 83.6 cm³/mol. The van der Waals surface area contributed by atoms with E-state index >= 15 is 0 Å². The monoisotopic (exact) mass is 324 g/mol. The molecule has 1 N–H and O–H groups in total. The van der Waals surface area contributed by atoms with Crippen LogP contribution in [0.3, 0.4) is 0 Å². The number of piperidine rings is 2. The molecule has 0 bridgehead atoms. The third-order valence-electron chi connectivity index (χ3n) is 3.90. The lowest BCUT2D eigenvalue weighted by Crippen LogP contribution is -2.51. The van der Waals surface area contributed by atoms with Crippen LogP contribution in [-0.2, 0) is 6.54 Å². The molecule has 4 nitrogen and oxygen atoms in total. The zero-order valence-corrected chi connectivity index (χ0v) is 13.6. The molecule has 3 rings (SSSR count). The van der Waals surface area contributed by atoms with E-state index < -0.39 is 0 Å². The van der Waals surface area contributed by atoms with Crippen LogP contribution in [0.15, 0.2) is 0 Å². The number of halogens is 2. The van der Waals surface area contributed by atoms with Crippen molar-refractivity contribution in [1.82, 2.24) is 20.4 Å². The molecule has 0 unspecified atom stereocenters. The number of likely N-dealkylation sites (tertiary alicyclic amines) is 1. The molecule has 2 aliphatic rings. The van der Waals surface area contributed by atoms with Crippen LogP contribution in [0.25, 0.3) is 0 Å². The summed E-state index contributed by atoms with van der Waals surface area (Å²) in [6.07, 6.45) is 4.03. The minimum absolute atomic E-state index is 0. The molecular weight excluding hydrogens is 303 g/mol. The number of hydrogen-bond donors (Lipinski definition) is 1. The number of aryl methyl sites for hydroxylation is 1. The molecule has 2 aliphatic heterocycles. The molecule has 0 spiro atoms. The van der Waals surface area contributed by atoms with E-state index in [0.717, 1.165) is 23.5 Å². The van der Waals surface area contributed by atoms with Gasteiger partial charge < -0.3 is 5.32 Å². The summed E-state index contributed by atoms with van der Waals surface area (Å²) in [5.74, 6) is 0.853. The van der Waals surface area contributed by atoms with Crippen molar-refractivity contribution in [2.45, 2.75) is 38.8 Å². The van der Waals surface area contributed by atoms with Crippen LogP contribution >= 0.6 is 36.2 Å². The Balaban J connectivity index is 0.000000902. The molecule has 1 aromatic heterocycles. The van der Waals surface area contributed by atoms with Gasteiger partial charge >= 0.3 is 0 Å². The summed E-state index contributed by atoms with van der Waals surface area (Å²) in [7, 11) is 0. The molecule has 0 amide bonds. The van der Waals surface area contributed by atoms with Crippen LogP contribution < -0.4 is 5.32 Å². The normalized spacial score (nSPS) is 27.0. The predicted octanol–water partition coefficient (Wildman–Crippen LogP) is 2.26. The maximum absolute atomic E-state index is 4.23. The highest BCUT2D eigenvalue weighted by atomic mass is 35.5. The lowest BCUT2D eigenvalue weighted by molar-refractivity contribution is 0.108. The van der Waals surface area contributed by atoms with Crippen LogP contribution in [0.2, 0.25) is 0 Å². The highest BCUT2D eigenvalue weighted by Gasteiger charge is 2.30. The Labute approximate surface area is 131 Å². The van der Waals surface area contributed by atoms with Crippen molar-refractivity contribution in [3.8, 4) is 0 Å². The van der Waals surface area contributed by atoms with E-state index in [1.54, 1.807) is 11.3 Å². The van der Waals surface area contributed by atoms with Gasteiger partial charge in [-0.2, -0.15) is 0 Å². The molecule has 19 heavy (non-hydrogen) atoms. The molecule has 1 aromatic rings. The lowest BCUT2D eigenvalue weighted by atomic mass is 9.85. The van der Waals surface area contributed by atoms with Crippen molar-refractivity contribution in [3.05, 3.63) is 10.0 Å². The highest BCUT2D eigenvalue weighted by Crippen LogP contribution is 2.26. The second kappa shape index (κ2) is 7.74. The number of hydrogen-bond acceptors (Lipinski definition) is 5. The SMILES string of the molecule is Cc1nnc(CN2CC[C@@H]3NCCC[C@@H]3C2)s1.Cl.Cl. The van der Waals surface area contributed by atoms with E-state index in [4.69, 9.17) is 0 Å². The third kappa shape index (κ3) is 4.26. The smallest absolute Gasteiger partial charge is 0.131 e. The van der Waals surface area contributed by atoms with Crippen molar-refractivity contribution in [2.75, 3.05) is 19.6 Å². The fraction of sp³-hybridized carbons (Fsp3) is 0.833. The number of fused-ring (bicyclic) bond motifs is 1. The fourth-order valence-electron chi connectivity index (χ4n) is 3.06. The highest BCUT2D eigenvalue weighted by molar-refractivity contribution is 7.11. The zero-order chi connectivity index (χ0) is 11.7. The van der Waals surface area contributed by atoms with Gasteiger partial charge in [-0.25, -0.2) is 0 Å². The average Bonchev–Trinajstić information content (AvgIpc) is 2.75. The molecule has 2 atom stereocenters. The minimum atomic E-state index is 0. The van der Waals surface area contributed by atoms with Crippen molar-refractivity contribution in [3.63, 3.8) is 0 Å². The Morgan fingerprint density at radius 1 is 1.32 bits per heavy atom. The summed E-state index contributed by atoms with van der Waals surface area (Å²) in [5.41, 5.74) is 0. The van der Waals surface area contributed by atoms with Crippen molar-refractivity contribution in [2.24, 2.45) is 5.92 Å². The van der Waals surface area contributed by atoms with E-state index in [0.29, 0.717) is 0 Å². The van der Waals surface area contributed by atoms with Crippen molar-refractivity contribution >= 4 is 36.2 Å². The molecule has 2 saturated heterocycles. The molecule has 110 valence electrons. The lowest BCUT2D eigenvalue weighted by Gasteiger charge is -2.41. The summed E-state index contributed by atoms with van der Waals surface area (Å²) < 4.78 is 0. The van der Waals surface area contributed by atoms with Crippen LogP contribution in [0.4, 0.5) is 0 Å². The summed E-state index contributed by atoms with van der Waals surface area (Å²) in [4.78, 5) is 2.55. The summed E-state index contributed by atoms with van der Waals surface area (Å²) in [5, 5.41) is 14.2. The molecular formula is C12H22Cl2N4S. The van der Waals surface area contributed by atoms with Gasteiger partial charge in [-0.3, -0.25) is 4.90 Å². The summed E-state index contributed by atoms with van der Waals surface area (Å²) in [6, 6.07) is 0.774. The van der Waals surface area contributed by atoms with Gasteiger partial charge in [-0.1, -0.05) is 0 Å². The topological polar surface area (TPSA) is 41.1 Å². The van der Waals surface area contributed by atoms with Crippen LogP contribution in [0.5, 0.6) is 0 Å². The Morgan fingerprint density at radius 3 is 2.89 bits per heavy atom. The zero-order valence-electron chi connectivity index (χ0n) is 11.2. The average molecular weight is 325 g/mol. The van der Waals surface area contributed by atoms with Gasteiger partial charge in [-0.05, 0) is 38.6 Å². The van der Waals surface area contributed by atoms with E-state index in [1.165, 1.54) is 43.9 Å². The maximum Gasteiger partial charge on any atom is 0.131 e. The molecule has 3 heterocycles. The summed E-state index contributed by atoms with van der Waals surface area (Å²) in [6.45, 7) is 6.67. The van der Waals surface area contributed by atoms with E-state index in [9.17, 15) is 0 Å². The second-order valence-corrected chi connectivity index (χ2v) is 6.47. The van der Waals surface area contributed by atoms with Crippen LogP contribution in [0, 0.1) is 12.8 Å².